The van der Waals surface area contributed by atoms with Crippen LogP contribution in [0.4, 0.5) is 0 Å². The average Bonchev–Trinajstić information content (AvgIpc) is 2.83. The maximum atomic E-state index is 12.9. The van der Waals surface area contributed by atoms with E-state index in [2.05, 4.69) is 30.7 Å². The van der Waals surface area contributed by atoms with E-state index in [4.69, 9.17) is 0 Å². The predicted molar refractivity (Wildman–Crippen MR) is 107 cm³/mol. The second-order valence-electron chi connectivity index (χ2n) is 6.45. The van der Waals surface area contributed by atoms with E-state index in [0.717, 1.165) is 15.3 Å². The molecule has 1 amide bonds. The second-order valence-corrected chi connectivity index (χ2v) is 8.60. The van der Waals surface area contributed by atoms with Crippen molar-refractivity contribution in [1.82, 2.24) is 14.9 Å². The molecule has 0 aromatic carbocycles. The van der Waals surface area contributed by atoms with Crippen molar-refractivity contribution < 1.29 is 4.79 Å². The van der Waals surface area contributed by atoms with Crippen molar-refractivity contribution in [3.63, 3.8) is 0 Å². The van der Waals surface area contributed by atoms with Crippen LogP contribution in [0.5, 0.6) is 0 Å². The van der Waals surface area contributed by atoms with Crippen LogP contribution in [0.25, 0.3) is 10.2 Å². The Morgan fingerprint density at radius 3 is 2.68 bits per heavy atom. The lowest BCUT2D eigenvalue weighted by Crippen LogP contribution is -2.37. The summed E-state index contributed by atoms with van der Waals surface area (Å²) in [5, 5.41) is 4.21. The van der Waals surface area contributed by atoms with Crippen LogP contribution in [-0.2, 0) is 11.3 Å². The van der Waals surface area contributed by atoms with Crippen molar-refractivity contribution in [3.8, 4) is 0 Å². The Bertz CT molecular complexity index is 852. The Labute approximate surface area is 156 Å². The maximum absolute atomic E-state index is 12.9. The number of carbonyl (C=O) groups is 1. The molecule has 7 heteroatoms. The van der Waals surface area contributed by atoms with E-state index < -0.39 is 0 Å². The van der Waals surface area contributed by atoms with Crippen LogP contribution in [-0.4, -0.2) is 27.3 Å². The summed E-state index contributed by atoms with van der Waals surface area (Å²) in [7, 11) is 0. The third kappa shape index (κ3) is 4.33. The summed E-state index contributed by atoms with van der Waals surface area (Å²) in [5.74, 6) is 0.554. The van der Waals surface area contributed by atoms with Gasteiger partial charge in [0.25, 0.3) is 5.56 Å². The van der Waals surface area contributed by atoms with E-state index >= 15 is 0 Å². The Kier molecular flexibility index (Phi) is 6.46. The van der Waals surface area contributed by atoms with Gasteiger partial charge in [0.15, 0.2) is 5.16 Å². The lowest BCUT2D eigenvalue weighted by atomic mass is 10.1. The number of hydrogen-bond acceptors (Lipinski definition) is 5. The van der Waals surface area contributed by atoms with Crippen molar-refractivity contribution in [2.24, 2.45) is 5.92 Å². The van der Waals surface area contributed by atoms with Crippen molar-refractivity contribution in [1.29, 1.82) is 0 Å². The highest BCUT2D eigenvalue weighted by Gasteiger charge is 2.18. The number of rotatable bonds is 7. The smallest absolute Gasteiger partial charge is 0.263 e. The van der Waals surface area contributed by atoms with E-state index in [9.17, 15) is 9.59 Å². The Balaban J connectivity index is 2.31. The second kappa shape index (κ2) is 8.19. The summed E-state index contributed by atoms with van der Waals surface area (Å²) >= 11 is 2.81. The fourth-order valence-electron chi connectivity index (χ4n) is 2.30. The van der Waals surface area contributed by atoms with Gasteiger partial charge in [0, 0.05) is 17.5 Å². The molecule has 0 aliphatic carbocycles. The molecular weight excluding hydrogens is 354 g/mol. The molecule has 0 spiro atoms. The summed E-state index contributed by atoms with van der Waals surface area (Å²) in [6.07, 6.45) is 1.68. The van der Waals surface area contributed by atoms with E-state index in [0.29, 0.717) is 23.0 Å². The molecule has 0 saturated carbocycles. The first-order valence-corrected chi connectivity index (χ1v) is 10.1. The minimum atomic E-state index is -0.0646. The van der Waals surface area contributed by atoms with Gasteiger partial charge in [-0.2, -0.15) is 0 Å². The minimum absolute atomic E-state index is 0.0516. The van der Waals surface area contributed by atoms with E-state index in [1.807, 2.05) is 20.8 Å². The molecule has 1 atom stereocenters. The number of aromatic nitrogens is 2. The van der Waals surface area contributed by atoms with Gasteiger partial charge in [-0.05, 0) is 32.3 Å². The summed E-state index contributed by atoms with van der Waals surface area (Å²) < 4.78 is 1.60. The number of thiophene rings is 1. The van der Waals surface area contributed by atoms with E-state index in [1.54, 1.807) is 10.6 Å². The number of nitrogens with zero attached hydrogens (tertiary/aromatic N) is 2. The Morgan fingerprint density at radius 1 is 1.40 bits per heavy atom. The van der Waals surface area contributed by atoms with Crippen molar-refractivity contribution >= 4 is 39.2 Å². The van der Waals surface area contributed by atoms with Gasteiger partial charge in [0.2, 0.25) is 5.91 Å². The maximum Gasteiger partial charge on any atom is 0.263 e. The summed E-state index contributed by atoms with van der Waals surface area (Å²) in [6, 6.07) is 0.113. The zero-order chi connectivity index (χ0) is 18.7. The van der Waals surface area contributed by atoms with Gasteiger partial charge in [0.1, 0.15) is 4.83 Å². The van der Waals surface area contributed by atoms with Crippen LogP contribution in [0, 0.1) is 19.8 Å². The number of carbonyl (C=O) groups excluding carboxylic acids is 1. The normalized spacial score (nSPS) is 12.6. The number of fused-ring (bicyclic) bond motifs is 1. The monoisotopic (exact) mass is 379 g/mol. The SMILES string of the molecule is C=CCn1c(SCC(=O)N[C@@H](C)C(C)C)nc2sc(C)c(C)c2c1=O. The number of aryl methyl sites for hydroxylation is 2. The summed E-state index contributed by atoms with van der Waals surface area (Å²) in [5.41, 5.74) is 0.917. The molecule has 1 N–H and O–H groups in total. The molecule has 0 saturated heterocycles. The van der Waals surface area contributed by atoms with Crippen LogP contribution in [0.1, 0.15) is 31.2 Å². The molecule has 136 valence electrons. The Hall–Kier alpha value is -1.60. The molecule has 2 aromatic heterocycles. The third-order valence-corrected chi connectivity index (χ3v) is 6.36. The molecule has 2 aromatic rings. The van der Waals surface area contributed by atoms with Crippen LogP contribution >= 0.6 is 23.1 Å². The zero-order valence-corrected chi connectivity index (χ0v) is 17.0. The molecule has 0 aliphatic rings. The molecule has 25 heavy (non-hydrogen) atoms. The van der Waals surface area contributed by atoms with E-state index in [-0.39, 0.29) is 23.3 Å². The zero-order valence-electron chi connectivity index (χ0n) is 15.4. The number of thioether (sulfide) groups is 1. The molecule has 2 heterocycles. The molecule has 2 rings (SSSR count). The quantitative estimate of drug-likeness (QED) is 0.454. The van der Waals surface area contributed by atoms with E-state index in [1.165, 1.54) is 23.1 Å². The highest BCUT2D eigenvalue weighted by molar-refractivity contribution is 7.99. The van der Waals surface area contributed by atoms with Gasteiger partial charge < -0.3 is 5.32 Å². The molecule has 5 nitrogen and oxygen atoms in total. The first-order valence-electron chi connectivity index (χ1n) is 8.29. The molecular formula is C18H25N3O2S2. The first-order chi connectivity index (χ1) is 11.8. The van der Waals surface area contributed by atoms with Gasteiger partial charge in [0.05, 0.1) is 11.1 Å². The van der Waals surface area contributed by atoms with Crippen LogP contribution in [0.15, 0.2) is 22.6 Å². The number of allylic oxidation sites excluding steroid dienone is 1. The van der Waals surface area contributed by atoms with Gasteiger partial charge in [-0.15, -0.1) is 17.9 Å². The largest absolute Gasteiger partial charge is 0.353 e. The lowest BCUT2D eigenvalue weighted by molar-refractivity contribution is -0.119. The van der Waals surface area contributed by atoms with Gasteiger partial charge in [-0.1, -0.05) is 31.7 Å². The summed E-state index contributed by atoms with van der Waals surface area (Å²) in [4.78, 5) is 31.5. The highest BCUT2D eigenvalue weighted by atomic mass is 32.2. The van der Waals surface area contributed by atoms with Gasteiger partial charge in [-0.25, -0.2) is 4.98 Å². The fourth-order valence-corrected chi connectivity index (χ4v) is 4.19. The van der Waals surface area contributed by atoms with Gasteiger partial charge in [-0.3, -0.25) is 14.2 Å². The molecule has 0 unspecified atom stereocenters. The van der Waals surface area contributed by atoms with Crippen molar-refractivity contribution in [2.75, 3.05) is 5.75 Å². The number of nitrogens with one attached hydrogen (secondary N) is 1. The minimum Gasteiger partial charge on any atom is -0.353 e. The van der Waals surface area contributed by atoms with Crippen molar-refractivity contribution in [2.45, 2.75) is 52.4 Å². The van der Waals surface area contributed by atoms with Crippen LogP contribution in [0.3, 0.4) is 0 Å². The van der Waals surface area contributed by atoms with Crippen molar-refractivity contribution in [3.05, 3.63) is 33.4 Å². The lowest BCUT2D eigenvalue weighted by Gasteiger charge is -2.17. The van der Waals surface area contributed by atoms with Gasteiger partial charge >= 0.3 is 0 Å². The standard InChI is InChI=1S/C18H25N3O2S2/c1-7-8-21-17(23)15-11(4)13(6)25-16(15)20-18(21)24-9-14(22)19-12(5)10(2)3/h7,10,12H,1,8-9H2,2-6H3,(H,19,22)/t12-/m0/s1. The predicted octanol–water partition coefficient (Wildman–Crippen LogP) is 3.51. The molecule has 0 radical (unpaired) electrons. The first kappa shape index (κ1) is 19.7. The molecule has 0 fully saturated rings. The topological polar surface area (TPSA) is 64.0 Å². The molecule has 0 bridgehead atoms. The van der Waals surface area contributed by atoms with Crippen LogP contribution < -0.4 is 10.9 Å². The average molecular weight is 380 g/mol. The number of amides is 1. The Morgan fingerprint density at radius 2 is 2.08 bits per heavy atom. The number of hydrogen-bond donors (Lipinski definition) is 1. The van der Waals surface area contributed by atoms with Crippen LogP contribution in [0.2, 0.25) is 0 Å². The third-order valence-electron chi connectivity index (χ3n) is 4.29. The highest BCUT2D eigenvalue weighted by Crippen LogP contribution is 2.28. The summed E-state index contributed by atoms with van der Waals surface area (Å²) in [6.45, 7) is 14.2. The molecule has 0 aliphatic heterocycles. The fraction of sp³-hybridized carbons (Fsp3) is 0.500.